The summed E-state index contributed by atoms with van der Waals surface area (Å²) in [5.74, 6) is -0.266. The normalized spacial score (nSPS) is 17.0. The summed E-state index contributed by atoms with van der Waals surface area (Å²) in [7, 11) is -3.87. The van der Waals surface area contributed by atoms with Crippen molar-refractivity contribution in [2.45, 2.75) is 11.1 Å². The fourth-order valence-corrected chi connectivity index (χ4v) is 6.42. The zero-order valence-electron chi connectivity index (χ0n) is 21.9. The van der Waals surface area contributed by atoms with Crippen LogP contribution in [0.25, 0.3) is 0 Å². The molecular weight excluding hydrogens is 581 g/mol. The second-order valence-corrected chi connectivity index (χ2v) is 12.0. The topological polar surface area (TPSA) is 97.9 Å². The summed E-state index contributed by atoms with van der Waals surface area (Å²) in [6.45, 7) is 3.86. The highest BCUT2D eigenvalue weighted by Gasteiger charge is 2.33. The van der Waals surface area contributed by atoms with Crippen molar-refractivity contribution >= 4 is 44.7 Å². The summed E-state index contributed by atoms with van der Waals surface area (Å²) in [5, 5.41) is 5.82. The van der Waals surface area contributed by atoms with Gasteiger partial charge in [-0.05, 0) is 54.6 Å². The molecule has 3 aromatic rings. The van der Waals surface area contributed by atoms with Gasteiger partial charge in [0.05, 0.1) is 10.5 Å². The Bertz CT molecular complexity index is 1510. The van der Waals surface area contributed by atoms with Crippen molar-refractivity contribution < 1.29 is 26.4 Å². The van der Waals surface area contributed by atoms with Crippen molar-refractivity contribution in [1.82, 2.24) is 14.6 Å². The second-order valence-electron chi connectivity index (χ2n) is 9.69. The number of nitrogens with one attached hydrogen (secondary N) is 2. The Balaban J connectivity index is 1.21. The molecule has 1 amide bonds. The number of hydrogen-bond donors (Lipinski definition) is 2. The van der Waals surface area contributed by atoms with Gasteiger partial charge >= 0.3 is 6.18 Å². The number of rotatable bonds is 6. The van der Waals surface area contributed by atoms with Gasteiger partial charge in [-0.3, -0.25) is 4.79 Å². The number of piperazine rings is 2. The van der Waals surface area contributed by atoms with Gasteiger partial charge in [0, 0.05) is 69.3 Å². The van der Waals surface area contributed by atoms with Crippen LogP contribution in [0.5, 0.6) is 0 Å². The van der Waals surface area contributed by atoms with Crippen molar-refractivity contribution in [2.75, 3.05) is 67.5 Å². The lowest BCUT2D eigenvalue weighted by Gasteiger charge is -2.35. The Morgan fingerprint density at radius 2 is 1.59 bits per heavy atom. The van der Waals surface area contributed by atoms with E-state index in [1.165, 1.54) is 28.6 Å². The molecule has 1 aromatic heterocycles. The largest absolute Gasteiger partial charge is 0.416 e. The standard InChI is InChI=1S/C27H28ClF3N6O3S/c28-24-17-20(27(29,30)31)18-25(34-24)36-12-14-37(15-13-36)41(39,40)23-6-4-21(5-7-23)33-26(38)19-2-1-3-22(16-19)35-10-8-32-9-11-35/h1-7,16-18,32H,8-15H2,(H,33,38). The third-order valence-corrected chi connectivity index (χ3v) is 9.12. The molecule has 0 bridgehead atoms. The number of amides is 1. The van der Waals surface area contributed by atoms with Crippen molar-refractivity contribution in [2.24, 2.45) is 0 Å². The molecule has 218 valence electrons. The molecule has 3 heterocycles. The maximum Gasteiger partial charge on any atom is 0.416 e. The fourth-order valence-electron chi connectivity index (χ4n) is 4.80. The number of halogens is 4. The predicted octanol–water partition coefficient (Wildman–Crippen LogP) is 3.93. The van der Waals surface area contributed by atoms with E-state index in [-0.39, 0.29) is 48.0 Å². The minimum atomic E-state index is -4.58. The first-order valence-electron chi connectivity index (χ1n) is 13.0. The summed E-state index contributed by atoms with van der Waals surface area (Å²) in [6.07, 6.45) is -4.58. The monoisotopic (exact) mass is 608 g/mol. The molecule has 0 atom stereocenters. The van der Waals surface area contributed by atoms with Gasteiger partial charge in [0.2, 0.25) is 10.0 Å². The highest BCUT2D eigenvalue weighted by atomic mass is 35.5. The average molecular weight is 609 g/mol. The molecule has 5 rings (SSSR count). The number of benzene rings is 2. The van der Waals surface area contributed by atoms with Crippen LogP contribution in [0.15, 0.2) is 65.6 Å². The molecule has 9 nitrogen and oxygen atoms in total. The van der Waals surface area contributed by atoms with E-state index in [0.29, 0.717) is 11.3 Å². The van der Waals surface area contributed by atoms with Gasteiger partial charge in [0.1, 0.15) is 11.0 Å². The van der Waals surface area contributed by atoms with Crippen molar-refractivity contribution in [3.05, 3.63) is 76.9 Å². The molecule has 2 fully saturated rings. The molecule has 41 heavy (non-hydrogen) atoms. The quantitative estimate of drug-likeness (QED) is 0.409. The smallest absolute Gasteiger partial charge is 0.369 e. The number of carbonyl (C=O) groups is 1. The molecule has 2 aromatic carbocycles. The van der Waals surface area contributed by atoms with E-state index in [0.717, 1.165) is 44.0 Å². The number of aromatic nitrogens is 1. The molecule has 2 aliphatic rings. The number of alkyl halides is 3. The Morgan fingerprint density at radius 3 is 2.24 bits per heavy atom. The third-order valence-electron chi connectivity index (χ3n) is 7.01. The lowest BCUT2D eigenvalue weighted by Crippen LogP contribution is -2.49. The van der Waals surface area contributed by atoms with Crippen LogP contribution in [0.1, 0.15) is 15.9 Å². The van der Waals surface area contributed by atoms with E-state index in [1.807, 2.05) is 18.2 Å². The van der Waals surface area contributed by atoms with Gasteiger partial charge in [-0.15, -0.1) is 0 Å². The van der Waals surface area contributed by atoms with Crippen LogP contribution in [-0.2, 0) is 16.2 Å². The van der Waals surface area contributed by atoms with E-state index in [2.05, 4.69) is 20.5 Å². The third kappa shape index (κ3) is 6.75. The Hall–Kier alpha value is -3.39. The molecule has 14 heteroatoms. The second kappa shape index (κ2) is 11.8. The molecule has 2 aliphatic heterocycles. The van der Waals surface area contributed by atoms with Gasteiger partial charge < -0.3 is 20.4 Å². The van der Waals surface area contributed by atoms with Gasteiger partial charge in [0.25, 0.3) is 5.91 Å². The van der Waals surface area contributed by atoms with Crippen LogP contribution in [-0.4, -0.2) is 76.0 Å². The lowest BCUT2D eigenvalue weighted by molar-refractivity contribution is -0.137. The summed E-state index contributed by atoms with van der Waals surface area (Å²) in [6, 6.07) is 14.9. The van der Waals surface area contributed by atoms with Gasteiger partial charge in [0.15, 0.2) is 0 Å². The van der Waals surface area contributed by atoms with E-state index in [1.54, 1.807) is 11.0 Å². The molecule has 0 spiro atoms. The lowest BCUT2D eigenvalue weighted by atomic mass is 10.1. The molecule has 0 unspecified atom stereocenters. The number of nitrogens with zero attached hydrogens (tertiary/aromatic N) is 4. The predicted molar refractivity (Wildman–Crippen MR) is 151 cm³/mol. The molecular formula is C27H28ClF3N6O3S. The van der Waals surface area contributed by atoms with Crippen LogP contribution in [0, 0.1) is 0 Å². The zero-order valence-corrected chi connectivity index (χ0v) is 23.4. The van der Waals surface area contributed by atoms with Crippen molar-refractivity contribution in [3.8, 4) is 0 Å². The van der Waals surface area contributed by atoms with Crippen molar-refractivity contribution in [3.63, 3.8) is 0 Å². The summed E-state index contributed by atoms with van der Waals surface area (Å²) >= 11 is 5.80. The molecule has 2 N–H and O–H groups in total. The number of sulfonamides is 1. The summed E-state index contributed by atoms with van der Waals surface area (Å²) < 4.78 is 67.3. The van der Waals surface area contributed by atoms with Gasteiger partial charge in [-0.1, -0.05) is 17.7 Å². The highest BCUT2D eigenvalue weighted by molar-refractivity contribution is 7.89. The summed E-state index contributed by atoms with van der Waals surface area (Å²) in [4.78, 5) is 20.7. The molecule has 0 aliphatic carbocycles. The van der Waals surface area contributed by atoms with E-state index >= 15 is 0 Å². The first kappa shape index (κ1) is 29.1. The minimum Gasteiger partial charge on any atom is -0.369 e. The van der Waals surface area contributed by atoms with Crippen LogP contribution >= 0.6 is 11.6 Å². The first-order valence-corrected chi connectivity index (χ1v) is 14.8. The first-order chi connectivity index (χ1) is 19.5. The highest BCUT2D eigenvalue weighted by Crippen LogP contribution is 2.33. The maximum absolute atomic E-state index is 13.2. The van der Waals surface area contributed by atoms with Crippen molar-refractivity contribution in [1.29, 1.82) is 0 Å². The fraction of sp³-hybridized carbons (Fsp3) is 0.333. The maximum atomic E-state index is 13.2. The van der Waals surface area contributed by atoms with E-state index < -0.39 is 21.8 Å². The molecule has 0 radical (unpaired) electrons. The minimum absolute atomic E-state index is 0.0421. The zero-order chi connectivity index (χ0) is 29.2. The van der Waals surface area contributed by atoms with Crippen LogP contribution in [0.3, 0.4) is 0 Å². The SMILES string of the molecule is O=C(Nc1ccc(S(=O)(=O)N2CCN(c3cc(C(F)(F)F)cc(Cl)n3)CC2)cc1)c1cccc(N2CCNCC2)c1. The Morgan fingerprint density at radius 1 is 0.902 bits per heavy atom. The average Bonchev–Trinajstić information content (AvgIpc) is 2.97. The number of pyridine rings is 1. The van der Waals surface area contributed by atoms with Gasteiger partial charge in [-0.2, -0.15) is 17.5 Å². The van der Waals surface area contributed by atoms with Crippen LogP contribution < -0.4 is 20.4 Å². The van der Waals surface area contributed by atoms with E-state index in [4.69, 9.17) is 11.6 Å². The van der Waals surface area contributed by atoms with Gasteiger partial charge in [-0.25, -0.2) is 13.4 Å². The number of anilines is 3. The van der Waals surface area contributed by atoms with E-state index in [9.17, 15) is 26.4 Å². The number of hydrogen-bond acceptors (Lipinski definition) is 7. The Kier molecular flexibility index (Phi) is 8.41. The molecule has 0 saturated carbocycles. The van der Waals surface area contributed by atoms with Crippen LogP contribution in [0.4, 0.5) is 30.4 Å². The summed E-state index contributed by atoms with van der Waals surface area (Å²) in [5.41, 5.74) is 0.987. The number of carbonyl (C=O) groups excluding carboxylic acids is 1. The Labute approximate surface area is 241 Å². The van der Waals surface area contributed by atoms with Crippen LogP contribution in [0.2, 0.25) is 5.15 Å². The molecule has 2 saturated heterocycles.